The minimum Gasteiger partial charge on any atom is -0.478 e. The predicted molar refractivity (Wildman–Crippen MR) is 73.5 cm³/mol. The number of rotatable bonds is 4. The van der Waals surface area contributed by atoms with E-state index in [0.717, 1.165) is 10.4 Å². The number of sulfonamides is 1. The van der Waals surface area contributed by atoms with Crippen LogP contribution in [-0.2, 0) is 16.4 Å². The maximum atomic E-state index is 13.2. The number of benzene rings is 1. The number of hydrogen-bond acceptors (Lipinski definition) is 3. The second kappa shape index (κ2) is 4.48. The third-order valence-corrected chi connectivity index (χ3v) is 6.36. The van der Waals surface area contributed by atoms with E-state index in [1.54, 1.807) is 6.92 Å². The zero-order chi connectivity index (χ0) is 16.3. The van der Waals surface area contributed by atoms with Gasteiger partial charge in [-0.05, 0) is 24.1 Å². The van der Waals surface area contributed by atoms with Crippen LogP contribution in [0.25, 0.3) is 0 Å². The summed E-state index contributed by atoms with van der Waals surface area (Å²) in [7, 11) is -3.95. The Morgan fingerprint density at radius 3 is 2.41 bits per heavy atom. The van der Waals surface area contributed by atoms with Gasteiger partial charge in [-0.2, -0.15) is 4.31 Å². The summed E-state index contributed by atoms with van der Waals surface area (Å²) in [6, 6.07) is 3.90. The lowest BCUT2D eigenvalue weighted by atomic mass is 10.00. The van der Waals surface area contributed by atoms with E-state index in [-0.39, 0.29) is 30.0 Å². The second-order valence-corrected chi connectivity index (χ2v) is 7.82. The van der Waals surface area contributed by atoms with Crippen LogP contribution in [0.4, 0.5) is 8.78 Å². The molecular weight excluding hydrogens is 316 g/mol. The Morgan fingerprint density at radius 2 is 1.95 bits per heavy atom. The first-order valence-corrected chi connectivity index (χ1v) is 8.31. The number of halogens is 2. The number of carboxylic acid groups (broad SMARTS) is 1. The summed E-state index contributed by atoms with van der Waals surface area (Å²) in [5.41, 5.74) is -0.854. The lowest BCUT2D eigenvalue weighted by Crippen LogP contribution is -2.54. The first-order valence-electron chi connectivity index (χ1n) is 6.87. The smallest absolute Gasteiger partial charge is 0.335 e. The lowest BCUT2D eigenvalue weighted by Gasteiger charge is -2.38. The molecule has 1 aliphatic heterocycles. The highest BCUT2D eigenvalue weighted by Crippen LogP contribution is 2.65. The number of alkyl halides is 2. The van der Waals surface area contributed by atoms with Crippen LogP contribution in [0, 0.1) is 5.41 Å². The topological polar surface area (TPSA) is 74.7 Å². The average molecular weight is 331 g/mol. The van der Waals surface area contributed by atoms with Crippen LogP contribution < -0.4 is 0 Å². The monoisotopic (exact) mass is 331 g/mol. The van der Waals surface area contributed by atoms with Crippen molar-refractivity contribution < 1.29 is 27.1 Å². The van der Waals surface area contributed by atoms with Crippen LogP contribution in [0.2, 0.25) is 0 Å². The first kappa shape index (κ1) is 15.4. The molecule has 0 atom stereocenters. The average Bonchev–Trinajstić information content (AvgIpc) is 2.99. The number of nitrogens with zero attached hydrogens (tertiary/aromatic N) is 1. The Morgan fingerprint density at radius 1 is 1.36 bits per heavy atom. The van der Waals surface area contributed by atoms with Gasteiger partial charge in [-0.15, -0.1) is 0 Å². The van der Waals surface area contributed by atoms with E-state index >= 15 is 0 Å². The molecule has 1 aromatic carbocycles. The van der Waals surface area contributed by atoms with Gasteiger partial charge in [0.05, 0.1) is 15.9 Å². The van der Waals surface area contributed by atoms with Crippen molar-refractivity contribution in [2.24, 2.45) is 5.41 Å². The van der Waals surface area contributed by atoms with E-state index in [4.69, 9.17) is 5.11 Å². The fourth-order valence-corrected chi connectivity index (χ4v) is 4.81. The van der Waals surface area contributed by atoms with Gasteiger partial charge in [0.15, 0.2) is 0 Å². The molecule has 1 saturated heterocycles. The van der Waals surface area contributed by atoms with Crippen molar-refractivity contribution in [3.8, 4) is 0 Å². The Bertz CT molecular complexity index is 754. The fraction of sp³-hybridized carbons (Fsp3) is 0.500. The zero-order valence-corrected chi connectivity index (χ0v) is 12.7. The lowest BCUT2D eigenvalue weighted by molar-refractivity contribution is 0.0108. The highest BCUT2D eigenvalue weighted by Gasteiger charge is 2.77. The minimum atomic E-state index is -3.95. The summed E-state index contributed by atoms with van der Waals surface area (Å²) in [6.07, 6.45) is 0.130. The third-order valence-electron chi connectivity index (χ3n) is 4.48. The van der Waals surface area contributed by atoms with Crippen LogP contribution in [0.5, 0.6) is 0 Å². The summed E-state index contributed by atoms with van der Waals surface area (Å²) in [5, 5.41) is 9.00. The van der Waals surface area contributed by atoms with Crippen LogP contribution >= 0.6 is 0 Å². The van der Waals surface area contributed by atoms with Gasteiger partial charge in [0.2, 0.25) is 10.0 Å². The molecule has 8 heteroatoms. The highest BCUT2D eigenvalue weighted by molar-refractivity contribution is 7.89. The summed E-state index contributed by atoms with van der Waals surface area (Å²) < 4.78 is 52.6. The first-order chi connectivity index (χ1) is 10.1. The number of carboxylic acids is 1. The number of aryl methyl sites for hydroxylation is 1. The number of aromatic carboxylic acids is 1. The number of carbonyl (C=O) groups is 1. The molecule has 1 saturated carbocycles. The van der Waals surface area contributed by atoms with E-state index in [1.807, 2.05) is 0 Å². The van der Waals surface area contributed by atoms with Crippen molar-refractivity contribution in [2.45, 2.75) is 30.6 Å². The van der Waals surface area contributed by atoms with E-state index in [2.05, 4.69) is 0 Å². The Kier molecular flexibility index (Phi) is 3.13. The molecule has 120 valence electrons. The molecule has 5 nitrogen and oxygen atoms in total. The molecular formula is C14H15F2NO4S. The molecule has 0 amide bonds. The summed E-state index contributed by atoms with van der Waals surface area (Å²) in [5.74, 6) is -4.01. The molecule has 1 aliphatic carbocycles. The van der Waals surface area contributed by atoms with Gasteiger partial charge in [0.25, 0.3) is 5.92 Å². The molecule has 0 unspecified atom stereocenters. The molecule has 2 aliphatic rings. The highest BCUT2D eigenvalue weighted by atomic mass is 32.2. The maximum absolute atomic E-state index is 13.2. The van der Waals surface area contributed by atoms with Crippen LogP contribution in [-0.4, -0.2) is 42.8 Å². The van der Waals surface area contributed by atoms with Gasteiger partial charge in [-0.3, -0.25) is 0 Å². The van der Waals surface area contributed by atoms with Gasteiger partial charge < -0.3 is 5.11 Å². The largest absolute Gasteiger partial charge is 0.478 e. The van der Waals surface area contributed by atoms with Crippen LogP contribution in [0.15, 0.2) is 23.1 Å². The Balaban J connectivity index is 1.93. The molecule has 1 spiro atoms. The van der Waals surface area contributed by atoms with Crippen molar-refractivity contribution in [3.63, 3.8) is 0 Å². The molecule has 1 aromatic rings. The van der Waals surface area contributed by atoms with E-state index < -0.39 is 27.3 Å². The quantitative estimate of drug-likeness (QED) is 0.915. The Hall–Kier alpha value is -1.54. The van der Waals surface area contributed by atoms with E-state index in [0.29, 0.717) is 12.0 Å². The maximum Gasteiger partial charge on any atom is 0.335 e. The predicted octanol–water partition coefficient (Wildman–Crippen LogP) is 1.98. The molecule has 3 rings (SSSR count). The zero-order valence-electron chi connectivity index (χ0n) is 11.8. The Labute approximate surface area is 126 Å². The molecule has 1 N–H and O–H groups in total. The molecule has 2 fully saturated rings. The van der Waals surface area contributed by atoms with Gasteiger partial charge >= 0.3 is 5.97 Å². The molecule has 1 heterocycles. The van der Waals surface area contributed by atoms with E-state index in [1.165, 1.54) is 12.1 Å². The van der Waals surface area contributed by atoms with Crippen LogP contribution in [0.1, 0.15) is 29.3 Å². The van der Waals surface area contributed by atoms with Crippen molar-refractivity contribution in [1.29, 1.82) is 0 Å². The van der Waals surface area contributed by atoms with Crippen molar-refractivity contribution in [3.05, 3.63) is 29.3 Å². The van der Waals surface area contributed by atoms with Crippen molar-refractivity contribution >= 4 is 16.0 Å². The van der Waals surface area contributed by atoms with Gasteiger partial charge in [0, 0.05) is 19.5 Å². The van der Waals surface area contributed by atoms with E-state index in [9.17, 15) is 22.0 Å². The molecule has 22 heavy (non-hydrogen) atoms. The van der Waals surface area contributed by atoms with Gasteiger partial charge in [-0.25, -0.2) is 22.0 Å². The minimum absolute atomic E-state index is 0.103. The summed E-state index contributed by atoms with van der Waals surface area (Å²) >= 11 is 0. The van der Waals surface area contributed by atoms with Crippen molar-refractivity contribution in [1.82, 2.24) is 4.31 Å². The number of hydrogen-bond donors (Lipinski definition) is 1. The fourth-order valence-electron chi connectivity index (χ4n) is 2.88. The summed E-state index contributed by atoms with van der Waals surface area (Å²) in [6.45, 7) is 1.34. The molecule has 0 radical (unpaired) electrons. The SMILES string of the molecule is CCc1ccc(C(=O)O)cc1S(=O)(=O)N1CC2(C1)CC2(F)F. The summed E-state index contributed by atoms with van der Waals surface area (Å²) in [4.78, 5) is 10.9. The molecule has 0 bridgehead atoms. The third kappa shape index (κ3) is 2.04. The van der Waals surface area contributed by atoms with Crippen LogP contribution in [0.3, 0.4) is 0 Å². The standard InChI is InChI=1S/C14H15F2NO4S/c1-2-9-3-4-10(12(18)19)5-11(9)22(20,21)17-7-13(8-17)6-14(13,15)16/h3-5H,2,6-8H2,1H3,(H,18,19). The van der Waals surface area contributed by atoms with Gasteiger partial charge in [0.1, 0.15) is 0 Å². The normalized spacial score (nSPS) is 22.3. The second-order valence-electron chi connectivity index (χ2n) is 5.92. The molecule has 0 aromatic heterocycles. The van der Waals surface area contributed by atoms with Crippen molar-refractivity contribution in [2.75, 3.05) is 13.1 Å². The van der Waals surface area contributed by atoms with Gasteiger partial charge in [-0.1, -0.05) is 13.0 Å².